The molecule has 1 fully saturated rings. The van der Waals surface area contributed by atoms with Gasteiger partial charge in [-0.05, 0) is 25.6 Å². The molecule has 1 N–H and O–H groups in total. The summed E-state index contributed by atoms with van der Waals surface area (Å²) < 4.78 is 0. The SMILES string of the molecule is CSC(=O)C1CCCN1. The summed E-state index contributed by atoms with van der Waals surface area (Å²) in [5.74, 6) is 0. The molecule has 9 heavy (non-hydrogen) atoms. The third-order valence-electron chi connectivity index (χ3n) is 1.55. The fourth-order valence-corrected chi connectivity index (χ4v) is 1.51. The maximum Gasteiger partial charge on any atom is 0.205 e. The van der Waals surface area contributed by atoms with Crippen LogP contribution in [0.4, 0.5) is 0 Å². The van der Waals surface area contributed by atoms with Crippen molar-refractivity contribution in [2.24, 2.45) is 0 Å². The second-order valence-corrected chi connectivity index (χ2v) is 2.98. The predicted octanol–water partition coefficient (Wildman–Crippen LogP) is 0.628. The van der Waals surface area contributed by atoms with Gasteiger partial charge in [-0.1, -0.05) is 11.8 Å². The minimum atomic E-state index is 0.153. The van der Waals surface area contributed by atoms with Crippen LogP contribution in [0.25, 0.3) is 0 Å². The summed E-state index contributed by atoms with van der Waals surface area (Å²) in [6, 6.07) is 0.153. The average Bonchev–Trinajstić information content (AvgIpc) is 2.37. The van der Waals surface area contributed by atoms with Gasteiger partial charge in [0.15, 0.2) is 0 Å². The zero-order chi connectivity index (χ0) is 6.69. The lowest BCUT2D eigenvalue weighted by atomic mass is 10.2. The Morgan fingerprint density at radius 2 is 2.56 bits per heavy atom. The maximum atomic E-state index is 10.9. The average molecular weight is 145 g/mol. The molecule has 3 heteroatoms. The molecule has 0 aliphatic carbocycles. The van der Waals surface area contributed by atoms with E-state index in [1.165, 1.54) is 11.8 Å². The molecule has 1 aliphatic rings. The molecule has 2 nitrogen and oxygen atoms in total. The summed E-state index contributed by atoms with van der Waals surface area (Å²) in [5.41, 5.74) is 0. The Morgan fingerprint density at radius 1 is 1.78 bits per heavy atom. The van der Waals surface area contributed by atoms with Crippen molar-refractivity contribution in [3.05, 3.63) is 0 Å². The minimum absolute atomic E-state index is 0.153. The van der Waals surface area contributed by atoms with Crippen molar-refractivity contribution < 1.29 is 4.79 Å². The molecule has 52 valence electrons. The summed E-state index contributed by atoms with van der Waals surface area (Å²) in [5, 5.41) is 3.42. The number of hydrogen-bond donors (Lipinski definition) is 1. The normalized spacial score (nSPS) is 26.6. The molecule has 0 amide bonds. The van der Waals surface area contributed by atoms with Gasteiger partial charge >= 0.3 is 0 Å². The van der Waals surface area contributed by atoms with Gasteiger partial charge < -0.3 is 5.32 Å². The van der Waals surface area contributed by atoms with Crippen LogP contribution in [0.2, 0.25) is 0 Å². The maximum absolute atomic E-state index is 10.9. The molecule has 0 spiro atoms. The van der Waals surface area contributed by atoms with Crippen LogP contribution in [0, 0.1) is 0 Å². The Labute approximate surface area is 59.4 Å². The molecular formula is C6H11NOS. The zero-order valence-corrected chi connectivity index (χ0v) is 6.33. The van der Waals surface area contributed by atoms with Crippen LogP contribution in [0.1, 0.15) is 12.8 Å². The van der Waals surface area contributed by atoms with Crippen LogP contribution < -0.4 is 5.32 Å². The Kier molecular flexibility index (Phi) is 2.54. The van der Waals surface area contributed by atoms with Crippen LogP contribution in [-0.4, -0.2) is 24.0 Å². The van der Waals surface area contributed by atoms with Crippen molar-refractivity contribution in [3.63, 3.8) is 0 Å². The Balaban J connectivity index is 2.32. The Bertz CT molecular complexity index is 110. The lowest BCUT2D eigenvalue weighted by Gasteiger charge is -2.03. The highest BCUT2D eigenvalue weighted by molar-refractivity contribution is 8.13. The van der Waals surface area contributed by atoms with Gasteiger partial charge in [-0.2, -0.15) is 0 Å². The van der Waals surface area contributed by atoms with E-state index in [1.54, 1.807) is 0 Å². The molecule has 0 saturated carbocycles. The molecule has 0 aromatic carbocycles. The van der Waals surface area contributed by atoms with Crippen molar-refractivity contribution in [2.45, 2.75) is 18.9 Å². The van der Waals surface area contributed by atoms with E-state index in [-0.39, 0.29) is 11.2 Å². The number of hydrogen-bond acceptors (Lipinski definition) is 3. The fraction of sp³-hybridized carbons (Fsp3) is 0.833. The summed E-state index contributed by atoms with van der Waals surface area (Å²) in [4.78, 5) is 10.9. The summed E-state index contributed by atoms with van der Waals surface area (Å²) >= 11 is 1.32. The second kappa shape index (κ2) is 3.22. The third-order valence-corrected chi connectivity index (χ3v) is 2.23. The number of thioether (sulfide) groups is 1. The summed E-state index contributed by atoms with van der Waals surface area (Å²) in [6.45, 7) is 1.01. The molecular weight excluding hydrogens is 134 g/mol. The van der Waals surface area contributed by atoms with Crippen molar-refractivity contribution in [3.8, 4) is 0 Å². The first-order valence-corrected chi connectivity index (χ1v) is 4.38. The van der Waals surface area contributed by atoms with Gasteiger partial charge in [-0.15, -0.1) is 0 Å². The van der Waals surface area contributed by atoms with Crippen LogP contribution in [0.3, 0.4) is 0 Å². The molecule has 1 aliphatic heterocycles. The monoisotopic (exact) mass is 145 g/mol. The zero-order valence-electron chi connectivity index (χ0n) is 5.52. The third kappa shape index (κ3) is 1.69. The Morgan fingerprint density at radius 3 is 3.00 bits per heavy atom. The van der Waals surface area contributed by atoms with Crippen LogP contribution in [0.15, 0.2) is 0 Å². The fourth-order valence-electron chi connectivity index (χ4n) is 1.03. The molecule has 1 heterocycles. The van der Waals surface area contributed by atoms with Gasteiger partial charge in [0.05, 0.1) is 6.04 Å². The van der Waals surface area contributed by atoms with Gasteiger partial charge in [-0.3, -0.25) is 4.79 Å². The molecule has 1 unspecified atom stereocenters. The highest BCUT2D eigenvalue weighted by atomic mass is 32.2. The second-order valence-electron chi connectivity index (χ2n) is 2.17. The van der Waals surface area contributed by atoms with Crippen molar-refractivity contribution in [2.75, 3.05) is 12.8 Å². The molecule has 0 aromatic heterocycles. The van der Waals surface area contributed by atoms with Gasteiger partial charge in [0.1, 0.15) is 0 Å². The van der Waals surface area contributed by atoms with E-state index in [0.29, 0.717) is 0 Å². The first-order valence-electron chi connectivity index (χ1n) is 3.16. The van der Waals surface area contributed by atoms with E-state index in [9.17, 15) is 4.79 Å². The van der Waals surface area contributed by atoms with Crippen LogP contribution in [0.5, 0.6) is 0 Å². The quantitative estimate of drug-likeness (QED) is 0.586. The summed E-state index contributed by atoms with van der Waals surface area (Å²) in [6.07, 6.45) is 4.01. The van der Waals surface area contributed by atoms with Crippen molar-refractivity contribution >= 4 is 16.9 Å². The predicted molar refractivity (Wildman–Crippen MR) is 39.5 cm³/mol. The number of carbonyl (C=O) groups excluding carboxylic acids is 1. The lowest BCUT2D eigenvalue weighted by Crippen LogP contribution is -2.28. The van der Waals surface area contributed by atoms with E-state index < -0.39 is 0 Å². The van der Waals surface area contributed by atoms with E-state index in [4.69, 9.17) is 0 Å². The van der Waals surface area contributed by atoms with E-state index in [0.717, 1.165) is 19.4 Å². The van der Waals surface area contributed by atoms with Crippen molar-refractivity contribution in [1.29, 1.82) is 0 Å². The molecule has 0 radical (unpaired) electrons. The smallest absolute Gasteiger partial charge is 0.205 e. The first kappa shape index (κ1) is 7.09. The van der Waals surface area contributed by atoms with Crippen LogP contribution in [-0.2, 0) is 4.79 Å². The molecule has 0 bridgehead atoms. The van der Waals surface area contributed by atoms with Gasteiger partial charge in [0.2, 0.25) is 5.12 Å². The number of rotatable bonds is 1. The summed E-state index contributed by atoms with van der Waals surface area (Å²) in [7, 11) is 0. The molecule has 0 aromatic rings. The standard InChI is InChI=1S/C6H11NOS/c1-9-6(8)5-3-2-4-7-5/h5,7H,2-4H2,1H3. The topological polar surface area (TPSA) is 29.1 Å². The largest absolute Gasteiger partial charge is 0.307 e. The molecule has 1 saturated heterocycles. The van der Waals surface area contributed by atoms with Crippen molar-refractivity contribution in [1.82, 2.24) is 5.32 Å². The highest BCUT2D eigenvalue weighted by Crippen LogP contribution is 2.10. The Hall–Kier alpha value is -0.0200. The first-order chi connectivity index (χ1) is 4.34. The van der Waals surface area contributed by atoms with Gasteiger partial charge in [0.25, 0.3) is 0 Å². The highest BCUT2D eigenvalue weighted by Gasteiger charge is 2.20. The van der Waals surface area contributed by atoms with E-state index in [1.807, 2.05) is 6.26 Å². The van der Waals surface area contributed by atoms with Gasteiger partial charge in [0, 0.05) is 0 Å². The van der Waals surface area contributed by atoms with Crippen LogP contribution >= 0.6 is 11.8 Å². The number of nitrogens with one attached hydrogen (secondary N) is 1. The van der Waals surface area contributed by atoms with E-state index in [2.05, 4.69) is 5.32 Å². The lowest BCUT2D eigenvalue weighted by molar-refractivity contribution is -0.112. The molecule has 1 rings (SSSR count). The van der Waals surface area contributed by atoms with Gasteiger partial charge in [-0.25, -0.2) is 0 Å². The number of carbonyl (C=O) groups is 1. The minimum Gasteiger partial charge on any atom is -0.307 e. The molecule has 1 atom stereocenters. The van der Waals surface area contributed by atoms with E-state index >= 15 is 0 Å².